The Labute approximate surface area is 125 Å². The number of nitrogens with zero attached hydrogens (tertiary/aromatic N) is 3. The number of nitrogen functional groups attached to an aromatic ring is 1. The lowest BCUT2D eigenvalue weighted by Gasteiger charge is -2.20. The zero-order valence-corrected chi connectivity index (χ0v) is 13.0. The first kappa shape index (κ1) is 14.7. The van der Waals surface area contributed by atoms with Crippen LogP contribution in [0.4, 0.5) is 11.4 Å². The number of hydrogen-bond donors (Lipinski definition) is 1. The molecule has 0 aliphatic heterocycles. The van der Waals surface area contributed by atoms with E-state index in [-0.39, 0.29) is 0 Å². The highest BCUT2D eigenvalue weighted by atomic mass is 35.5. The number of nitrogens with two attached hydrogens (primary N) is 1. The summed E-state index contributed by atoms with van der Waals surface area (Å²) in [6.45, 7) is 5.68. The van der Waals surface area contributed by atoms with Crippen molar-refractivity contribution in [1.29, 1.82) is 0 Å². The SMILES string of the molecule is CCc1nn(CC)c(CN(C)c2cccc(N)c2)c1Cl. The topological polar surface area (TPSA) is 47.1 Å². The summed E-state index contributed by atoms with van der Waals surface area (Å²) in [6, 6.07) is 7.84. The summed E-state index contributed by atoms with van der Waals surface area (Å²) in [5.74, 6) is 0. The van der Waals surface area contributed by atoms with Gasteiger partial charge in [0.05, 0.1) is 23.0 Å². The lowest BCUT2D eigenvalue weighted by atomic mass is 10.2. The van der Waals surface area contributed by atoms with Gasteiger partial charge < -0.3 is 10.6 Å². The van der Waals surface area contributed by atoms with Crippen molar-refractivity contribution in [2.24, 2.45) is 0 Å². The fraction of sp³-hybridized carbons (Fsp3) is 0.400. The molecule has 0 amide bonds. The Balaban J connectivity index is 2.27. The van der Waals surface area contributed by atoms with Crippen LogP contribution in [0.15, 0.2) is 24.3 Å². The minimum Gasteiger partial charge on any atom is -0.399 e. The first-order valence-corrected chi connectivity index (χ1v) is 7.25. The van der Waals surface area contributed by atoms with Crippen LogP contribution in [-0.2, 0) is 19.5 Å². The quantitative estimate of drug-likeness (QED) is 0.860. The van der Waals surface area contributed by atoms with Crippen LogP contribution >= 0.6 is 11.6 Å². The number of halogens is 1. The highest BCUT2D eigenvalue weighted by molar-refractivity contribution is 6.31. The maximum Gasteiger partial charge on any atom is 0.0868 e. The molecular formula is C15H21ClN4. The van der Waals surface area contributed by atoms with Gasteiger partial charge in [0, 0.05) is 25.0 Å². The lowest BCUT2D eigenvalue weighted by molar-refractivity contribution is 0.610. The molecule has 2 N–H and O–H groups in total. The van der Waals surface area contributed by atoms with E-state index in [1.54, 1.807) is 0 Å². The molecule has 0 saturated carbocycles. The summed E-state index contributed by atoms with van der Waals surface area (Å²) in [5, 5.41) is 5.33. The average molecular weight is 293 g/mol. The molecule has 0 saturated heterocycles. The number of benzene rings is 1. The van der Waals surface area contributed by atoms with E-state index in [1.807, 2.05) is 36.0 Å². The molecule has 0 bridgehead atoms. The van der Waals surface area contributed by atoms with Gasteiger partial charge >= 0.3 is 0 Å². The van der Waals surface area contributed by atoms with Crippen molar-refractivity contribution in [3.05, 3.63) is 40.7 Å². The van der Waals surface area contributed by atoms with E-state index in [9.17, 15) is 0 Å². The molecule has 0 unspecified atom stereocenters. The molecular weight excluding hydrogens is 272 g/mol. The Kier molecular flexibility index (Phi) is 4.55. The first-order valence-electron chi connectivity index (χ1n) is 6.87. The molecule has 2 aromatic rings. The van der Waals surface area contributed by atoms with Crippen molar-refractivity contribution in [1.82, 2.24) is 9.78 Å². The number of aryl methyl sites for hydroxylation is 2. The van der Waals surface area contributed by atoms with Crippen LogP contribution < -0.4 is 10.6 Å². The predicted octanol–water partition coefficient (Wildman–Crippen LogP) is 3.34. The monoisotopic (exact) mass is 292 g/mol. The molecule has 20 heavy (non-hydrogen) atoms. The molecule has 0 aliphatic rings. The van der Waals surface area contributed by atoms with Crippen LogP contribution in [0, 0.1) is 0 Å². The minimum absolute atomic E-state index is 0.711. The van der Waals surface area contributed by atoms with E-state index in [0.29, 0.717) is 6.54 Å². The Hall–Kier alpha value is -1.68. The fourth-order valence-electron chi connectivity index (χ4n) is 2.25. The van der Waals surface area contributed by atoms with Crippen LogP contribution in [0.5, 0.6) is 0 Å². The number of anilines is 2. The fourth-order valence-corrected chi connectivity index (χ4v) is 2.58. The maximum atomic E-state index is 6.44. The van der Waals surface area contributed by atoms with Crippen LogP contribution in [-0.4, -0.2) is 16.8 Å². The van der Waals surface area contributed by atoms with E-state index in [2.05, 4.69) is 23.8 Å². The van der Waals surface area contributed by atoms with Gasteiger partial charge in [-0.15, -0.1) is 0 Å². The van der Waals surface area contributed by atoms with Crippen LogP contribution in [0.25, 0.3) is 0 Å². The van der Waals surface area contributed by atoms with Gasteiger partial charge in [0.2, 0.25) is 0 Å². The third-order valence-electron chi connectivity index (χ3n) is 3.39. The average Bonchev–Trinajstić information content (AvgIpc) is 2.75. The van der Waals surface area contributed by atoms with Gasteiger partial charge in [0.25, 0.3) is 0 Å². The third kappa shape index (κ3) is 2.90. The molecule has 0 spiro atoms. The van der Waals surface area contributed by atoms with E-state index >= 15 is 0 Å². The highest BCUT2D eigenvalue weighted by Gasteiger charge is 2.16. The van der Waals surface area contributed by atoms with Crippen LogP contribution in [0.1, 0.15) is 25.2 Å². The molecule has 0 radical (unpaired) electrons. The standard InChI is InChI=1S/C15H21ClN4/c1-4-13-15(16)14(20(5-2)18-13)10-19(3)12-8-6-7-11(17)9-12/h6-9H,4-5,10,17H2,1-3H3. The van der Waals surface area contributed by atoms with Crippen LogP contribution in [0.3, 0.4) is 0 Å². The molecule has 5 heteroatoms. The van der Waals surface area contributed by atoms with Crippen molar-refractivity contribution in [2.75, 3.05) is 17.7 Å². The van der Waals surface area contributed by atoms with Crippen molar-refractivity contribution in [3.63, 3.8) is 0 Å². The van der Waals surface area contributed by atoms with E-state index < -0.39 is 0 Å². The molecule has 1 heterocycles. The third-order valence-corrected chi connectivity index (χ3v) is 3.83. The van der Waals surface area contributed by atoms with E-state index in [1.165, 1.54) is 0 Å². The lowest BCUT2D eigenvalue weighted by Crippen LogP contribution is -2.19. The molecule has 1 aromatic carbocycles. The Morgan fingerprint density at radius 3 is 2.70 bits per heavy atom. The Morgan fingerprint density at radius 2 is 2.10 bits per heavy atom. The number of aromatic nitrogens is 2. The summed E-state index contributed by atoms with van der Waals surface area (Å²) in [4.78, 5) is 2.13. The summed E-state index contributed by atoms with van der Waals surface area (Å²) in [6.07, 6.45) is 0.848. The van der Waals surface area contributed by atoms with Gasteiger partial charge in [-0.1, -0.05) is 24.6 Å². The number of rotatable bonds is 5. The molecule has 0 aliphatic carbocycles. The highest BCUT2D eigenvalue weighted by Crippen LogP contribution is 2.25. The van der Waals surface area contributed by atoms with E-state index in [4.69, 9.17) is 17.3 Å². The first-order chi connectivity index (χ1) is 9.56. The molecule has 0 fully saturated rings. The second-order valence-corrected chi connectivity index (χ2v) is 5.21. The van der Waals surface area contributed by atoms with Crippen molar-refractivity contribution in [2.45, 2.75) is 33.4 Å². The largest absolute Gasteiger partial charge is 0.399 e. The van der Waals surface area contributed by atoms with Gasteiger partial charge in [-0.3, -0.25) is 4.68 Å². The summed E-state index contributed by atoms with van der Waals surface area (Å²) >= 11 is 6.44. The smallest absolute Gasteiger partial charge is 0.0868 e. The molecule has 4 nitrogen and oxygen atoms in total. The van der Waals surface area contributed by atoms with Gasteiger partial charge in [0.1, 0.15) is 0 Å². The zero-order valence-electron chi connectivity index (χ0n) is 12.2. The molecule has 2 rings (SSSR count). The minimum atomic E-state index is 0.711. The maximum absolute atomic E-state index is 6.44. The molecule has 108 valence electrons. The Bertz CT molecular complexity index is 592. The van der Waals surface area contributed by atoms with E-state index in [0.717, 1.165) is 40.8 Å². The van der Waals surface area contributed by atoms with Crippen molar-refractivity contribution < 1.29 is 0 Å². The molecule has 1 aromatic heterocycles. The second-order valence-electron chi connectivity index (χ2n) is 4.83. The Morgan fingerprint density at radius 1 is 1.35 bits per heavy atom. The number of hydrogen-bond acceptors (Lipinski definition) is 3. The summed E-state index contributed by atoms with van der Waals surface area (Å²) in [5.41, 5.74) is 9.68. The van der Waals surface area contributed by atoms with Crippen molar-refractivity contribution in [3.8, 4) is 0 Å². The van der Waals surface area contributed by atoms with Crippen molar-refractivity contribution >= 4 is 23.0 Å². The van der Waals surface area contributed by atoms with Gasteiger partial charge in [-0.05, 0) is 31.5 Å². The summed E-state index contributed by atoms with van der Waals surface area (Å²) < 4.78 is 1.98. The molecule has 0 atom stereocenters. The normalized spacial score (nSPS) is 10.8. The van der Waals surface area contributed by atoms with Gasteiger partial charge in [0.15, 0.2) is 0 Å². The summed E-state index contributed by atoms with van der Waals surface area (Å²) in [7, 11) is 2.03. The zero-order chi connectivity index (χ0) is 14.7. The second kappa shape index (κ2) is 6.18. The van der Waals surface area contributed by atoms with Crippen LogP contribution in [0.2, 0.25) is 5.02 Å². The van der Waals surface area contributed by atoms with Gasteiger partial charge in [-0.25, -0.2) is 0 Å². The predicted molar refractivity (Wildman–Crippen MR) is 85.3 cm³/mol. The van der Waals surface area contributed by atoms with Gasteiger partial charge in [-0.2, -0.15) is 5.10 Å².